The maximum absolute atomic E-state index is 12.4. The van der Waals surface area contributed by atoms with Crippen molar-refractivity contribution < 1.29 is 28.4 Å². The van der Waals surface area contributed by atoms with Gasteiger partial charge in [0.1, 0.15) is 0 Å². The SMILES string of the molecule is CCCCOc1ccc(C(=O)NNC(=O)CCCn2c(=O)oc3cc([N+](=O)[O-])ccc32)cc1OC. The molecule has 2 amide bonds. The summed E-state index contributed by atoms with van der Waals surface area (Å²) in [6, 6.07) is 8.58. The van der Waals surface area contributed by atoms with Crippen molar-refractivity contribution in [3.63, 3.8) is 0 Å². The van der Waals surface area contributed by atoms with E-state index in [1.165, 1.54) is 35.9 Å². The average molecular weight is 486 g/mol. The molecule has 0 atom stereocenters. The van der Waals surface area contributed by atoms with Crippen LogP contribution in [0.5, 0.6) is 11.5 Å². The van der Waals surface area contributed by atoms with Gasteiger partial charge in [-0.25, -0.2) is 4.79 Å². The van der Waals surface area contributed by atoms with Crippen molar-refractivity contribution in [2.75, 3.05) is 13.7 Å². The minimum absolute atomic E-state index is 0.0138. The van der Waals surface area contributed by atoms with Crippen LogP contribution in [0.1, 0.15) is 43.0 Å². The molecular weight excluding hydrogens is 460 g/mol. The Morgan fingerprint density at radius 2 is 1.91 bits per heavy atom. The fraction of sp³-hybridized carbons (Fsp3) is 0.348. The first-order valence-electron chi connectivity index (χ1n) is 11.0. The number of aryl methyl sites for hydroxylation is 1. The summed E-state index contributed by atoms with van der Waals surface area (Å²) in [7, 11) is 1.47. The highest BCUT2D eigenvalue weighted by Crippen LogP contribution is 2.28. The molecule has 0 fully saturated rings. The maximum Gasteiger partial charge on any atom is 0.419 e. The first-order chi connectivity index (χ1) is 16.8. The Kier molecular flexibility index (Phi) is 8.43. The Hall–Kier alpha value is -4.35. The van der Waals surface area contributed by atoms with E-state index in [2.05, 4.69) is 17.8 Å². The van der Waals surface area contributed by atoms with Crippen molar-refractivity contribution in [3.05, 3.63) is 62.6 Å². The molecule has 0 aliphatic carbocycles. The number of hydrogen-bond donors (Lipinski definition) is 2. The fourth-order valence-corrected chi connectivity index (χ4v) is 3.29. The molecule has 1 heterocycles. The van der Waals surface area contributed by atoms with Crippen LogP contribution in [0.3, 0.4) is 0 Å². The van der Waals surface area contributed by atoms with Gasteiger partial charge < -0.3 is 13.9 Å². The Balaban J connectivity index is 1.51. The largest absolute Gasteiger partial charge is 0.493 e. The van der Waals surface area contributed by atoms with Gasteiger partial charge in [0.25, 0.3) is 11.6 Å². The second-order valence-electron chi connectivity index (χ2n) is 7.60. The lowest BCUT2D eigenvalue weighted by Crippen LogP contribution is -2.41. The summed E-state index contributed by atoms with van der Waals surface area (Å²) in [5, 5.41) is 10.9. The first-order valence-corrected chi connectivity index (χ1v) is 11.0. The number of oxazole rings is 1. The molecule has 3 aromatic rings. The van der Waals surface area contributed by atoms with Crippen molar-refractivity contribution >= 4 is 28.6 Å². The molecule has 0 spiro atoms. The second-order valence-corrected chi connectivity index (χ2v) is 7.60. The zero-order valence-electron chi connectivity index (χ0n) is 19.4. The molecule has 0 saturated heterocycles. The minimum Gasteiger partial charge on any atom is -0.493 e. The average Bonchev–Trinajstić information content (AvgIpc) is 3.16. The van der Waals surface area contributed by atoms with Crippen LogP contribution < -0.4 is 26.1 Å². The number of fused-ring (bicyclic) bond motifs is 1. The van der Waals surface area contributed by atoms with Crippen molar-refractivity contribution in [1.82, 2.24) is 15.4 Å². The number of benzene rings is 2. The molecule has 3 rings (SSSR count). The van der Waals surface area contributed by atoms with E-state index in [9.17, 15) is 24.5 Å². The zero-order valence-corrected chi connectivity index (χ0v) is 19.4. The third-order valence-electron chi connectivity index (χ3n) is 5.14. The van der Waals surface area contributed by atoms with Crippen LogP contribution in [0, 0.1) is 10.1 Å². The van der Waals surface area contributed by atoms with Gasteiger partial charge in [-0.3, -0.25) is 35.1 Å². The van der Waals surface area contributed by atoms with Crippen molar-refractivity contribution in [1.29, 1.82) is 0 Å². The highest BCUT2D eigenvalue weighted by molar-refractivity contribution is 5.96. The topological polar surface area (TPSA) is 155 Å². The molecule has 186 valence electrons. The van der Waals surface area contributed by atoms with Crippen molar-refractivity contribution in [2.24, 2.45) is 0 Å². The second kappa shape index (κ2) is 11.7. The van der Waals surface area contributed by atoms with Crippen molar-refractivity contribution in [3.8, 4) is 11.5 Å². The predicted octanol–water partition coefficient (Wildman–Crippen LogP) is 2.93. The predicted molar refractivity (Wildman–Crippen MR) is 125 cm³/mol. The summed E-state index contributed by atoms with van der Waals surface area (Å²) in [6.07, 6.45) is 2.17. The third kappa shape index (κ3) is 6.37. The Morgan fingerprint density at radius 3 is 2.63 bits per heavy atom. The Labute approximate surface area is 199 Å². The Bertz CT molecular complexity index is 1280. The van der Waals surface area contributed by atoms with Crippen LogP contribution >= 0.6 is 0 Å². The van der Waals surface area contributed by atoms with Gasteiger partial charge in [0.2, 0.25) is 5.91 Å². The number of hydrogen-bond acceptors (Lipinski definition) is 8. The van der Waals surface area contributed by atoms with Gasteiger partial charge in [-0.1, -0.05) is 13.3 Å². The summed E-state index contributed by atoms with van der Waals surface area (Å²) < 4.78 is 17.3. The van der Waals surface area contributed by atoms with Crippen LogP contribution in [0.2, 0.25) is 0 Å². The van der Waals surface area contributed by atoms with E-state index in [1.807, 2.05) is 0 Å². The normalized spacial score (nSPS) is 10.7. The molecule has 0 saturated carbocycles. The third-order valence-corrected chi connectivity index (χ3v) is 5.14. The van der Waals surface area contributed by atoms with Crippen LogP contribution in [-0.2, 0) is 11.3 Å². The van der Waals surface area contributed by atoms with E-state index in [0.29, 0.717) is 23.6 Å². The summed E-state index contributed by atoms with van der Waals surface area (Å²) in [4.78, 5) is 46.9. The summed E-state index contributed by atoms with van der Waals surface area (Å²) in [5.74, 6) is -0.733. The van der Waals surface area contributed by atoms with E-state index < -0.39 is 22.5 Å². The maximum atomic E-state index is 12.4. The minimum atomic E-state index is -0.676. The van der Waals surface area contributed by atoms with E-state index in [4.69, 9.17) is 13.9 Å². The number of carbonyl (C=O) groups excluding carboxylic acids is 2. The van der Waals surface area contributed by atoms with Gasteiger partial charge in [-0.2, -0.15) is 0 Å². The lowest BCUT2D eigenvalue weighted by molar-refractivity contribution is -0.384. The number of nitro benzene ring substituents is 1. The van der Waals surface area contributed by atoms with E-state index >= 15 is 0 Å². The number of amides is 2. The number of nitro groups is 1. The van der Waals surface area contributed by atoms with Gasteiger partial charge in [0.15, 0.2) is 17.1 Å². The number of non-ortho nitro benzene ring substituents is 1. The summed E-state index contributed by atoms with van der Waals surface area (Å²) >= 11 is 0. The molecule has 0 bridgehead atoms. The molecule has 0 unspecified atom stereocenters. The Morgan fingerprint density at radius 1 is 1.11 bits per heavy atom. The number of nitrogens with one attached hydrogen (secondary N) is 2. The first kappa shape index (κ1) is 25.3. The molecule has 12 nitrogen and oxygen atoms in total. The number of rotatable bonds is 11. The molecule has 2 aromatic carbocycles. The van der Waals surface area contributed by atoms with Crippen LogP contribution in [0.4, 0.5) is 5.69 Å². The number of nitrogens with zero attached hydrogens (tertiary/aromatic N) is 2. The van der Waals surface area contributed by atoms with Gasteiger partial charge >= 0.3 is 5.76 Å². The van der Waals surface area contributed by atoms with E-state index in [0.717, 1.165) is 12.8 Å². The lowest BCUT2D eigenvalue weighted by Gasteiger charge is -2.12. The van der Waals surface area contributed by atoms with Crippen LogP contribution in [0.25, 0.3) is 11.1 Å². The molecule has 0 aliphatic heterocycles. The molecular formula is C23H26N4O8. The van der Waals surface area contributed by atoms with Crippen molar-refractivity contribution in [2.45, 2.75) is 39.2 Å². The van der Waals surface area contributed by atoms with Gasteiger partial charge in [0.05, 0.1) is 30.2 Å². The number of ether oxygens (including phenoxy) is 2. The van der Waals surface area contributed by atoms with Gasteiger partial charge in [-0.15, -0.1) is 0 Å². The molecule has 0 radical (unpaired) electrons. The zero-order chi connectivity index (χ0) is 25.4. The number of unbranched alkanes of at least 4 members (excludes halogenated alkanes) is 1. The fourth-order valence-electron chi connectivity index (χ4n) is 3.29. The highest BCUT2D eigenvalue weighted by atomic mass is 16.6. The molecule has 2 N–H and O–H groups in total. The van der Waals surface area contributed by atoms with E-state index in [-0.39, 0.29) is 36.2 Å². The van der Waals surface area contributed by atoms with Gasteiger partial charge in [0, 0.05) is 24.6 Å². The standard InChI is InChI=1S/C23H26N4O8/c1-3-4-12-34-18-10-7-15(13-20(18)33-2)22(29)25-24-21(28)6-5-11-26-17-9-8-16(27(31)32)14-19(17)35-23(26)30/h7-10,13-14H,3-6,11-12H2,1-2H3,(H,24,28)(H,25,29). The molecule has 0 aliphatic rings. The lowest BCUT2D eigenvalue weighted by atomic mass is 10.2. The number of aromatic nitrogens is 1. The number of methoxy groups -OCH3 is 1. The summed E-state index contributed by atoms with van der Waals surface area (Å²) in [5.41, 5.74) is 5.24. The van der Waals surface area contributed by atoms with Crippen LogP contribution in [0.15, 0.2) is 45.6 Å². The monoisotopic (exact) mass is 486 g/mol. The number of hydrazine groups is 1. The molecule has 12 heteroatoms. The quantitative estimate of drug-likeness (QED) is 0.238. The van der Waals surface area contributed by atoms with Gasteiger partial charge in [-0.05, 0) is 37.1 Å². The van der Waals surface area contributed by atoms with Crippen LogP contribution in [-0.4, -0.2) is 35.0 Å². The molecule has 35 heavy (non-hydrogen) atoms. The highest BCUT2D eigenvalue weighted by Gasteiger charge is 2.15. The smallest absolute Gasteiger partial charge is 0.419 e. The number of carbonyl (C=O) groups is 2. The summed E-state index contributed by atoms with van der Waals surface area (Å²) in [6.45, 7) is 2.74. The van der Waals surface area contributed by atoms with E-state index in [1.54, 1.807) is 12.1 Å². The molecule has 1 aromatic heterocycles.